The summed E-state index contributed by atoms with van der Waals surface area (Å²) in [6, 6.07) is -0.129. The first-order valence-corrected chi connectivity index (χ1v) is 9.34. The maximum atomic E-state index is 12.4. The Labute approximate surface area is 169 Å². The number of carbonyl (C=O) groups excluding carboxylic acids is 1. The number of hydrogen-bond donors (Lipinski definition) is 4. The van der Waals surface area contributed by atoms with Gasteiger partial charge in [0.1, 0.15) is 15.5 Å². The first-order chi connectivity index (χ1) is 13.6. The molecule has 0 aliphatic rings. The van der Waals surface area contributed by atoms with Crippen LogP contribution in [0.5, 0.6) is 0 Å². The third kappa shape index (κ3) is 6.62. The number of methoxy groups -OCH3 is 1. The largest absolute Gasteiger partial charge is 0.473 e. The third-order valence-corrected chi connectivity index (χ3v) is 4.80. The highest BCUT2D eigenvalue weighted by Gasteiger charge is 2.21. The molecule has 0 spiro atoms. The van der Waals surface area contributed by atoms with Gasteiger partial charge in [0.25, 0.3) is 5.56 Å². The van der Waals surface area contributed by atoms with Crippen molar-refractivity contribution in [2.75, 3.05) is 26.9 Å². The molecule has 0 fully saturated rings. The Morgan fingerprint density at radius 3 is 2.41 bits per heavy atom. The summed E-state index contributed by atoms with van der Waals surface area (Å²) in [5.41, 5.74) is 0.374. The second-order valence-electron chi connectivity index (χ2n) is 5.69. The maximum absolute atomic E-state index is 12.4. The molecular weight excluding hydrogens is 406 g/mol. The first kappa shape index (κ1) is 24.2. The number of ether oxygens (including phenoxy) is 2. The van der Waals surface area contributed by atoms with Crippen molar-refractivity contribution in [2.24, 2.45) is 0 Å². The molecule has 160 valence electrons. The fourth-order valence-corrected chi connectivity index (χ4v) is 3.31. The lowest BCUT2D eigenvalue weighted by atomic mass is 10.2. The topological polar surface area (TPSA) is 168 Å². The molecule has 0 aliphatic carbocycles. The minimum atomic E-state index is -1.82. The van der Waals surface area contributed by atoms with Crippen molar-refractivity contribution in [1.82, 2.24) is 15.3 Å². The van der Waals surface area contributed by atoms with Crippen LogP contribution in [-0.2, 0) is 19.1 Å². The first-order valence-electron chi connectivity index (χ1n) is 8.52. The van der Waals surface area contributed by atoms with Crippen LogP contribution in [0, 0.1) is 6.92 Å². The molecule has 0 saturated carbocycles. The molecule has 0 saturated heterocycles. The van der Waals surface area contributed by atoms with Crippen LogP contribution >= 0.6 is 11.3 Å². The highest BCUT2D eigenvalue weighted by atomic mass is 32.1. The van der Waals surface area contributed by atoms with Crippen LogP contribution in [0.2, 0.25) is 0 Å². The summed E-state index contributed by atoms with van der Waals surface area (Å²) < 4.78 is 10.0. The Morgan fingerprint density at radius 1 is 1.28 bits per heavy atom. The van der Waals surface area contributed by atoms with Crippen LogP contribution in [0.15, 0.2) is 4.79 Å². The van der Waals surface area contributed by atoms with Crippen LogP contribution < -0.4 is 10.9 Å². The van der Waals surface area contributed by atoms with Crippen LogP contribution in [0.25, 0.3) is 10.2 Å². The second kappa shape index (κ2) is 11.2. The Hall–Kier alpha value is -2.83. The van der Waals surface area contributed by atoms with E-state index in [9.17, 15) is 9.59 Å². The van der Waals surface area contributed by atoms with Gasteiger partial charge in [-0.15, -0.1) is 11.3 Å². The monoisotopic (exact) mass is 429 g/mol. The number of thiophene rings is 1. The Morgan fingerprint density at radius 2 is 1.90 bits per heavy atom. The van der Waals surface area contributed by atoms with Crippen molar-refractivity contribution in [3.05, 3.63) is 26.6 Å². The lowest BCUT2D eigenvalue weighted by molar-refractivity contribution is -0.159. The molecule has 2 aromatic rings. The molecular formula is C17H23N3O8S. The van der Waals surface area contributed by atoms with Gasteiger partial charge in [-0.25, -0.2) is 19.4 Å². The maximum Gasteiger partial charge on any atom is 0.414 e. The number of nitrogens with zero attached hydrogens (tertiary/aromatic N) is 1. The number of aromatic nitrogens is 2. The second-order valence-corrected chi connectivity index (χ2v) is 6.69. The van der Waals surface area contributed by atoms with Gasteiger partial charge < -0.3 is 30.0 Å². The summed E-state index contributed by atoms with van der Waals surface area (Å²) in [5.74, 6) is -3.53. The number of carboxylic acids is 2. The molecule has 0 amide bonds. The minimum Gasteiger partial charge on any atom is -0.473 e. The molecule has 0 bridgehead atoms. The highest BCUT2D eigenvalue weighted by molar-refractivity contribution is 7.20. The molecule has 0 aromatic carbocycles. The predicted molar refractivity (Wildman–Crippen MR) is 104 cm³/mol. The van der Waals surface area contributed by atoms with Gasteiger partial charge in [0.15, 0.2) is 0 Å². The zero-order chi connectivity index (χ0) is 22.1. The number of aromatic amines is 1. The average molecular weight is 429 g/mol. The normalized spacial score (nSPS) is 11.4. The number of fused-ring (bicyclic) bond motifs is 1. The van der Waals surface area contributed by atoms with Gasteiger partial charge >= 0.3 is 17.9 Å². The number of rotatable bonds is 7. The van der Waals surface area contributed by atoms with Crippen molar-refractivity contribution in [2.45, 2.75) is 26.8 Å². The predicted octanol–water partition coefficient (Wildman–Crippen LogP) is 0.922. The third-order valence-electron chi connectivity index (χ3n) is 3.63. The van der Waals surface area contributed by atoms with E-state index in [1.54, 1.807) is 21.0 Å². The van der Waals surface area contributed by atoms with Crippen molar-refractivity contribution in [1.29, 1.82) is 0 Å². The molecule has 0 aliphatic heterocycles. The van der Waals surface area contributed by atoms with Crippen LogP contribution in [0.4, 0.5) is 0 Å². The van der Waals surface area contributed by atoms with Crippen LogP contribution in [0.1, 0.15) is 40.9 Å². The van der Waals surface area contributed by atoms with Crippen molar-refractivity contribution in [3.8, 4) is 0 Å². The van der Waals surface area contributed by atoms with Gasteiger partial charge in [0.2, 0.25) is 0 Å². The standard InChI is InChI=1S/C15H21N3O4S.C2H2O4/c1-5-22-15(20)11-8(2)10-13(19)17-12(18-14(10)23-11)9(3)16-6-7-21-4;3-1(4)2(5)6/h9,16H,5-7H2,1-4H3,(H,17,18,19);(H,3,4)(H,5,6). The van der Waals surface area contributed by atoms with E-state index in [-0.39, 0.29) is 11.6 Å². The summed E-state index contributed by atoms with van der Waals surface area (Å²) in [6.07, 6.45) is 0. The number of aryl methyl sites for hydroxylation is 1. The van der Waals surface area contributed by atoms with Gasteiger partial charge in [-0.2, -0.15) is 0 Å². The number of nitrogens with one attached hydrogen (secondary N) is 2. The molecule has 0 radical (unpaired) electrons. The van der Waals surface area contributed by atoms with E-state index in [4.69, 9.17) is 29.3 Å². The Balaban J connectivity index is 0.000000612. The molecule has 1 atom stereocenters. The summed E-state index contributed by atoms with van der Waals surface area (Å²) in [4.78, 5) is 50.8. The smallest absolute Gasteiger partial charge is 0.414 e. The van der Waals surface area contributed by atoms with Crippen LogP contribution in [0.3, 0.4) is 0 Å². The zero-order valence-corrected chi connectivity index (χ0v) is 17.2. The number of hydrogen-bond acceptors (Lipinski definition) is 9. The zero-order valence-electron chi connectivity index (χ0n) is 16.4. The fourth-order valence-electron chi connectivity index (χ4n) is 2.23. The van der Waals surface area contributed by atoms with E-state index in [0.29, 0.717) is 46.2 Å². The quantitative estimate of drug-likeness (QED) is 0.282. The van der Waals surface area contributed by atoms with E-state index in [2.05, 4.69) is 15.3 Å². The Kier molecular flexibility index (Phi) is 9.38. The molecule has 12 heteroatoms. The molecule has 2 aromatic heterocycles. The van der Waals surface area contributed by atoms with E-state index in [1.807, 2.05) is 6.92 Å². The van der Waals surface area contributed by atoms with Crippen molar-refractivity contribution >= 4 is 39.5 Å². The lowest BCUT2D eigenvalue weighted by Crippen LogP contribution is -2.26. The van der Waals surface area contributed by atoms with Gasteiger partial charge in [0, 0.05) is 13.7 Å². The SMILES string of the molecule is CCOC(=O)c1sc2nc(C(C)NCCOC)[nH]c(=O)c2c1C.O=C(O)C(=O)O. The van der Waals surface area contributed by atoms with Gasteiger partial charge in [-0.3, -0.25) is 4.79 Å². The van der Waals surface area contributed by atoms with Crippen molar-refractivity contribution in [3.63, 3.8) is 0 Å². The number of H-pyrrole nitrogens is 1. The van der Waals surface area contributed by atoms with E-state index < -0.39 is 17.9 Å². The van der Waals surface area contributed by atoms with Gasteiger partial charge in [-0.05, 0) is 26.3 Å². The molecule has 2 rings (SSSR count). The molecule has 2 heterocycles. The summed E-state index contributed by atoms with van der Waals surface area (Å²) in [7, 11) is 1.63. The van der Waals surface area contributed by atoms with Crippen LogP contribution in [-0.4, -0.2) is 65.0 Å². The molecule has 4 N–H and O–H groups in total. The number of aliphatic carboxylic acids is 2. The van der Waals surface area contributed by atoms with E-state index in [1.165, 1.54) is 11.3 Å². The lowest BCUT2D eigenvalue weighted by Gasteiger charge is -2.12. The van der Waals surface area contributed by atoms with E-state index >= 15 is 0 Å². The summed E-state index contributed by atoms with van der Waals surface area (Å²) >= 11 is 1.19. The Bertz CT molecular complexity index is 925. The number of carboxylic acid groups (broad SMARTS) is 2. The van der Waals surface area contributed by atoms with E-state index in [0.717, 1.165) is 0 Å². The summed E-state index contributed by atoms with van der Waals surface area (Å²) in [5, 5.41) is 18.4. The molecule has 11 nitrogen and oxygen atoms in total. The van der Waals surface area contributed by atoms with Crippen molar-refractivity contribution < 1.29 is 34.1 Å². The minimum absolute atomic E-state index is 0.129. The highest BCUT2D eigenvalue weighted by Crippen LogP contribution is 2.28. The number of carbonyl (C=O) groups is 3. The average Bonchev–Trinajstić information content (AvgIpc) is 2.99. The van der Waals surface area contributed by atoms with Gasteiger partial charge in [-0.1, -0.05) is 0 Å². The number of esters is 1. The fraction of sp³-hybridized carbons (Fsp3) is 0.471. The molecule has 29 heavy (non-hydrogen) atoms. The molecule has 1 unspecified atom stereocenters. The summed E-state index contributed by atoms with van der Waals surface area (Å²) in [6.45, 7) is 6.91. The van der Waals surface area contributed by atoms with Gasteiger partial charge in [0.05, 0.1) is 24.6 Å².